The van der Waals surface area contributed by atoms with Crippen molar-refractivity contribution < 1.29 is 13.2 Å². The van der Waals surface area contributed by atoms with Crippen LogP contribution in [-0.2, 0) is 0 Å². The van der Waals surface area contributed by atoms with Crippen LogP contribution in [0.3, 0.4) is 0 Å². The molecule has 0 bridgehead atoms. The predicted molar refractivity (Wildman–Crippen MR) is 65.4 cm³/mol. The van der Waals surface area contributed by atoms with Gasteiger partial charge in [0.25, 0.3) is 5.95 Å². The number of halogens is 3. The second kappa shape index (κ2) is 5.00. The Bertz CT molecular complexity index is 480. The predicted octanol–water partition coefficient (Wildman–Crippen LogP) is 2.54. The Morgan fingerprint density at radius 2 is 1.95 bits per heavy atom. The van der Waals surface area contributed by atoms with Crippen molar-refractivity contribution in [2.24, 2.45) is 0 Å². The number of nitrogens with one attached hydrogen (secondary N) is 1. The maximum Gasteiger partial charge on any atom is 0.251 e. The number of aromatic nitrogens is 1. The zero-order valence-electron chi connectivity index (χ0n) is 10.5. The summed E-state index contributed by atoms with van der Waals surface area (Å²) < 4.78 is 39.5. The number of anilines is 1. The fraction of sp³-hybridized carbons (Fsp3) is 0.615. The van der Waals surface area contributed by atoms with Gasteiger partial charge in [-0.2, -0.15) is 9.37 Å². The average molecular weight is 271 g/mol. The van der Waals surface area contributed by atoms with Gasteiger partial charge in [0.05, 0.1) is 0 Å². The first kappa shape index (κ1) is 12.7. The van der Waals surface area contributed by atoms with Crippen LogP contribution in [0.15, 0.2) is 6.07 Å². The molecular formula is C13H16F3N3. The molecule has 1 N–H and O–H groups in total. The van der Waals surface area contributed by atoms with Gasteiger partial charge in [-0.25, -0.2) is 8.78 Å². The zero-order chi connectivity index (χ0) is 13.4. The smallest absolute Gasteiger partial charge is 0.251 e. The molecule has 0 aromatic carbocycles. The maximum atomic E-state index is 13.6. The highest BCUT2D eigenvalue weighted by atomic mass is 19.2. The van der Waals surface area contributed by atoms with Crippen LogP contribution >= 0.6 is 0 Å². The van der Waals surface area contributed by atoms with Crippen LogP contribution in [-0.4, -0.2) is 35.1 Å². The summed E-state index contributed by atoms with van der Waals surface area (Å²) in [6, 6.07) is 0.952. The summed E-state index contributed by atoms with van der Waals surface area (Å²) in [5.41, 5.74) is 0. The lowest BCUT2D eigenvalue weighted by Gasteiger charge is -2.32. The number of piperidine rings is 1. The van der Waals surface area contributed by atoms with Crippen molar-refractivity contribution in [1.82, 2.24) is 9.88 Å². The van der Waals surface area contributed by atoms with Gasteiger partial charge in [0.1, 0.15) is 0 Å². The molecule has 3 nitrogen and oxygen atoms in total. The van der Waals surface area contributed by atoms with E-state index in [1.807, 2.05) is 0 Å². The van der Waals surface area contributed by atoms with E-state index >= 15 is 0 Å². The van der Waals surface area contributed by atoms with E-state index < -0.39 is 17.6 Å². The second-order valence-electron chi connectivity index (χ2n) is 5.23. The average Bonchev–Trinajstić information content (AvgIpc) is 2.80. The van der Waals surface area contributed by atoms with Gasteiger partial charge in [-0.3, -0.25) is 4.90 Å². The lowest BCUT2D eigenvalue weighted by molar-refractivity contribution is 0.192. The highest BCUT2D eigenvalue weighted by molar-refractivity contribution is 5.38. The Labute approximate surface area is 109 Å². The molecule has 2 aliphatic heterocycles. The number of pyridine rings is 1. The Hall–Kier alpha value is -1.30. The number of rotatable bonds is 2. The molecule has 2 atom stereocenters. The van der Waals surface area contributed by atoms with Crippen LogP contribution in [0.1, 0.15) is 25.7 Å². The summed E-state index contributed by atoms with van der Waals surface area (Å²) in [6.45, 7) is 2.03. The first-order valence-electron chi connectivity index (χ1n) is 6.67. The van der Waals surface area contributed by atoms with Gasteiger partial charge in [0.2, 0.25) is 0 Å². The molecule has 0 spiro atoms. The van der Waals surface area contributed by atoms with Gasteiger partial charge in [-0.05, 0) is 25.8 Å². The van der Waals surface area contributed by atoms with Gasteiger partial charge in [-0.15, -0.1) is 0 Å². The molecule has 2 unspecified atom stereocenters. The molecule has 1 aromatic heterocycles. The minimum Gasteiger partial charge on any atom is -0.363 e. The summed E-state index contributed by atoms with van der Waals surface area (Å²) in [6.07, 6.45) is 4.29. The van der Waals surface area contributed by atoms with Crippen molar-refractivity contribution in [3.63, 3.8) is 0 Å². The molecule has 2 saturated heterocycles. The monoisotopic (exact) mass is 271 g/mol. The molecule has 0 radical (unpaired) electrons. The van der Waals surface area contributed by atoms with Gasteiger partial charge < -0.3 is 5.32 Å². The summed E-state index contributed by atoms with van der Waals surface area (Å²) in [4.78, 5) is 5.70. The highest BCUT2D eigenvalue weighted by Crippen LogP contribution is 2.29. The van der Waals surface area contributed by atoms with Crippen LogP contribution in [0, 0.1) is 17.6 Å². The highest BCUT2D eigenvalue weighted by Gasteiger charge is 2.36. The molecule has 0 saturated carbocycles. The minimum atomic E-state index is -1.26. The van der Waals surface area contributed by atoms with Gasteiger partial charge >= 0.3 is 0 Å². The molecule has 3 rings (SSSR count). The van der Waals surface area contributed by atoms with E-state index in [2.05, 4.69) is 15.2 Å². The van der Waals surface area contributed by atoms with Crippen LogP contribution in [0.4, 0.5) is 19.0 Å². The molecule has 2 aliphatic rings. The largest absolute Gasteiger partial charge is 0.363 e. The fourth-order valence-electron chi connectivity index (χ4n) is 3.14. The third-order valence-corrected chi connectivity index (χ3v) is 4.06. The van der Waals surface area contributed by atoms with E-state index in [1.165, 1.54) is 6.42 Å². The molecule has 0 amide bonds. The second-order valence-corrected chi connectivity index (χ2v) is 5.23. The van der Waals surface area contributed by atoms with E-state index in [-0.39, 0.29) is 11.9 Å². The van der Waals surface area contributed by atoms with Gasteiger partial charge in [0.15, 0.2) is 17.5 Å². The zero-order valence-corrected chi connectivity index (χ0v) is 10.5. The fourth-order valence-corrected chi connectivity index (χ4v) is 3.14. The van der Waals surface area contributed by atoms with Crippen LogP contribution in [0.5, 0.6) is 0 Å². The Morgan fingerprint density at radius 3 is 2.79 bits per heavy atom. The molecule has 2 fully saturated rings. The SMILES string of the molecule is Fc1cc(F)c(NC2CCN3CCCCC23)nc1F. The Kier molecular flexibility index (Phi) is 3.35. The van der Waals surface area contributed by atoms with Crippen LogP contribution < -0.4 is 5.32 Å². The number of hydrogen-bond donors (Lipinski definition) is 1. The Morgan fingerprint density at radius 1 is 1.11 bits per heavy atom. The van der Waals surface area contributed by atoms with Crippen molar-refractivity contribution in [3.8, 4) is 0 Å². The summed E-state index contributed by atoms with van der Waals surface area (Å²) in [5, 5.41) is 2.94. The molecule has 1 aromatic rings. The standard InChI is InChI=1S/C13H16F3N3/c14-8-7-9(15)13(18-12(8)16)17-10-4-6-19-5-2-1-3-11(10)19/h7,10-11H,1-6H2,(H,17,18). The van der Waals surface area contributed by atoms with E-state index in [0.717, 1.165) is 32.4 Å². The van der Waals surface area contributed by atoms with Crippen LogP contribution in [0.2, 0.25) is 0 Å². The Balaban J connectivity index is 1.76. The molecule has 0 aliphatic carbocycles. The first-order valence-corrected chi connectivity index (χ1v) is 6.67. The molecule has 6 heteroatoms. The number of nitrogens with zero attached hydrogens (tertiary/aromatic N) is 2. The minimum absolute atomic E-state index is 0.0622. The van der Waals surface area contributed by atoms with Crippen molar-refractivity contribution >= 4 is 5.82 Å². The third-order valence-electron chi connectivity index (χ3n) is 4.06. The van der Waals surface area contributed by atoms with Gasteiger partial charge in [0, 0.05) is 24.7 Å². The normalized spacial score (nSPS) is 27.3. The van der Waals surface area contributed by atoms with Crippen LogP contribution in [0.25, 0.3) is 0 Å². The maximum absolute atomic E-state index is 13.6. The number of hydrogen-bond acceptors (Lipinski definition) is 3. The molecular weight excluding hydrogens is 255 g/mol. The van der Waals surface area contributed by atoms with Crippen molar-refractivity contribution in [1.29, 1.82) is 0 Å². The van der Waals surface area contributed by atoms with Gasteiger partial charge in [-0.1, -0.05) is 6.42 Å². The van der Waals surface area contributed by atoms with Crippen molar-refractivity contribution in [2.45, 2.75) is 37.8 Å². The summed E-state index contributed by atoms with van der Waals surface area (Å²) in [7, 11) is 0. The van der Waals surface area contributed by atoms with E-state index in [4.69, 9.17) is 0 Å². The summed E-state index contributed by atoms with van der Waals surface area (Å²) >= 11 is 0. The lowest BCUT2D eigenvalue weighted by Crippen LogP contribution is -2.42. The quantitative estimate of drug-likeness (QED) is 0.838. The molecule has 19 heavy (non-hydrogen) atoms. The van der Waals surface area contributed by atoms with E-state index in [0.29, 0.717) is 12.1 Å². The lowest BCUT2D eigenvalue weighted by atomic mass is 9.99. The van der Waals surface area contributed by atoms with E-state index in [1.54, 1.807) is 0 Å². The first-order chi connectivity index (χ1) is 9.15. The topological polar surface area (TPSA) is 28.2 Å². The van der Waals surface area contributed by atoms with E-state index in [9.17, 15) is 13.2 Å². The third kappa shape index (κ3) is 2.41. The molecule has 3 heterocycles. The molecule has 104 valence electrons. The number of fused-ring (bicyclic) bond motifs is 1. The van der Waals surface area contributed by atoms with Crippen molar-refractivity contribution in [3.05, 3.63) is 23.6 Å². The summed E-state index contributed by atoms with van der Waals surface area (Å²) in [5.74, 6) is -3.54. The van der Waals surface area contributed by atoms with Crippen molar-refractivity contribution in [2.75, 3.05) is 18.4 Å².